The molecular formula is C15H26N2O. The Morgan fingerprint density at radius 1 is 1.28 bits per heavy atom. The van der Waals surface area contributed by atoms with Gasteiger partial charge in [0.05, 0.1) is 6.10 Å². The van der Waals surface area contributed by atoms with Crippen molar-refractivity contribution in [1.29, 1.82) is 0 Å². The molecule has 102 valence electrons. The van der Waals surface area contributed by atoms with Crippen LogP contribution in [0.25, 0.3) is 0 Å². The monoisotopic (exact) mass is 250 g/mol. The van der Waals surface area contributed by atoms with Crippen LogP contribution < -0.4 is 5.32 Å². The van der Waals surface area contributed by atoms with Crippen LogP contribution in [0.3, 0.4) is 0 Å². The number of pyridine rings is 1. The molecule has 0 aliphatic heterocycles. The molecule has 0 aromatic carbocycles. The van der Waals surface area contributed by atoms with Gasteiger partial charge in [0, 0.05) is 25.0 Å². The first kappa shape index (κ1) is 15.1. The van der Waals surface area contributed by atoms with Gasteiger partial charge in [0.1, 0.15) is 0 Å². The number of nitrogens with one attached hydrogen (secondary N) is 1. The first-order chi connectivity index (χ1) is 8.49. The Morgan fingerprint density at radius 2 is 1.89 bits per heavy atom. The molecule has 0 radical (unpaired) electrons. The van der Waals surface area contributed by atoms with Crippen molar-refractivity contribution < 1.29 is 4.74 Å². The van der Waals surface area contributed by atoms with Gasteiger partial charge in [-0.25, -0.2) is 0 Å². The van der Waals surface area contributed by atoms with Gasteiger partial charge in [-0.15, -0.1) is 0 Å². The fraction of sp³-hybridized carbons (Fsp3) is 0.667. The van der Waals surface area contributed by atoms with Gasteiger partial charge in [-0.2, -0.15) is 0 Å². The highest BCUT2D eigenvalue weighted by Crippen LogP contribution is 2.26. The van der Waals surface area contributed by atoms with Crippen LogP contribution in [0.4, 0.5) is 0 Å². The molecule has 1 aromatic rings. The van der Waals surface area contributed by atoms with Gasteiger partial charge in [-0.05, 0) is 43.5 Å². The predicted molar refractivity (Wildman–Crippen MR) is 75.7 cm³/mol. The van der Waals surface area contributed by atoms with Gasteiger partial charge in [0.2, 0.25) is 0 Å². The first-order valence-corrected chi connectivity index (χ1v) is 6.66. The fourth-order valence-electron chi connectivity index (χ4n) is 2.28. The molecule has 0 saturated heterocycles. The lowest BCUT2D eigenvalue weighted by Gasteiger charge is -2.36. The molecule has 1 heterocycles. The Bertz CT molecular complexity index is 332. The van der Waals surface area contributed by atoms with Gasteiger partial charge in [0.25, 0.3) is 0 Å². The molecule has 0 bridgehead atoms. The van der Waals surface area contributed by atoms with Crippen LogP contribution in [-0.2, 0) is 11.2 Å². The van der Waals surface area contributed by atoms with E-state index in [4.69, 9.17) is 4.74 Å². The van der Waals surface area contributed by atoms with E-state index in [1.807, 2.05) is 19.4 Å². The number of hydrogen-bond donors (Lipinski definition) is 1. The highest BCUT2D eigenvalue weighted by Gasteiger charge is 2.32. The van der Waals surface area contributed by atoms with Crippen molar-refractivity contribution in [2.75, 3.05) is 13.7 Å². The zero-order valence-corrected chi connectivity index (χ0v) is 12.2. The lowest BCUT2D eigenvalue weighted by Crippen LogP contribution is -2.48. The number of hydrogen-bond acceptors (Lipinski definition) is 3. The highest BCUT2D eigenvalue weighted by molar-refractivity contribution is 5.12. The van der Waals surface area contributed by atoms with Crippen LogP contribution in [0.2, 0.25) is 0 Å². The molecule has 18 heavy (non-hydrogen) atoms. The van der Waals surface area contributed by atoms with Crippen LogP contribution >= 0.6 is 0 Å². The second-order valence-electron chi connectivity index (χ2n) is 5.70. The zero-order chi connectivity index (χ0) is 13.6. The molecule has 0 aliphatic rings. The summed E-state index contributed by atoms with van der Waals surface area (Å²) in [5, 5.41) is 3.40. The number of nitrogens with zero attached hydrogens (tertiary/aromatic N) is 1. The molecule has 0 fully saturated rings. The summed E-state index contributed by atoms with van der Waals surface area (Å²) in [5.41, 5.74) is 1.41. The summed E-state index contributed by atoms with van der Waals surface area (Å²) in [4.78, 5) is 4.06. The summed E-state index contributed by atoms with van der Waals surface area (Å²) in [7, 11) is 2.00. The zero-order valence-electron chi connectivity index (χ0n) is 12.2. The maximum absolute atomic E-state index is 5.95. The van der Waals surface area contributed by atoms with Crippen molar-refractivity contribution in [2.24, 2.45) is 5.41 Å². The maximum atomic E-state index is 5.95. The van der Waals surface area contributed by atoms with Crippen LogP contribution in [0.15, 0.2) is 24.5 Å². The van der Waals surface area contributed by atoms with E-state index in [0.29, 0.717) is 6.04 Å². The van der Waals surface area contributed by atoms with E-state index in [1.54, 1.807) is 0 Å². The van der Waals surface area contributed by atoms with E-state index >= 15 is 0 Å². The largest absolute Gasteiger partial charge is 0.376 e. The molecular weight excluding hydrogens is 224 g/mol. The molecule has 0 aliphatic carbocycles. The van der Waals surface area contributed by atoms with E-state index < -0.39 is 0 Å². The molecule has 0 saturated carbocycles. The third-order valence-electron chi connectivity index (χ3n) is 3.14. The minimum absolute atomic E-state index is 0.122. The molecule has 2 unspecified atom stereocenters. The Kier molecular flexibility index (Phi) is 5.76. The second kappa shape index (κ2) is 6.86. The van der Waals surface area contributed by atoms with Gasteiger partial charge >= 0.3 is 0 Å². The van der Waals surface area contributed by atoms with Crippen LogP contribution in [0, 0.1) is 5.41 Å². The topological polar surface area (TPSA) is 34.1 Å². The van der Waals surface area contributed by atoms with Crippen LogP contribution in [-0.4, -0.2) is 30.8 Å². The highest BCUT2D eigenvalue weighted by atomic mass is 16.5. The van der Waals surface area contributed by atoms with E-state index in [9.17, 15) is 0 Å². The molecule has 3 nitrogen and oxygen atoms in total. The quantitative estimate of drug-likeness (QED) is 0.843. The maximum Gasteiger partial charge on any atom is 0.0779 e. The number of aromatic nitrogens is 1. The second-order valence-corrected chi connectivity index (χ2v) is 5.70. The predicted octanol–water partition coefficient (Wildman–Crippen LogP) is 2.66. The Hall–Kier alpha value is -0.930. The number of ether oxygens (including phenoxy) is 1. The summed E-state index contributed by atoms with van der Waals surface area (Å²) in [6, 6.07) is 4.44. The summed E-state index contributed by atoms with van der Waals surface area (Å²) in [6.07, 6.45) is 4.84. The van der Waals surface area contributed by atoms with E-state index in [1.165, 1.54) is 5.56 Å². The molecule has 2 atom stereocenters. The molecule has 0 spiro atoms. The van der Waals surface area contributed by atoms with E-state index in [2.05, 4.69) is 50.1 Å². The summed E-state index contributed by atoms with van der Waals surface area (Å²) in [5.74, 6) is 0. The third-order valence-corrected chi connectivity index (χ3v) is 3.14. The fourth-order valence-corrected chi connectivity index (χ4v) is 2.28. The van der Waals surface area contributed by atoms with Crippen molar-refractivity contribution in [1.82, 2.24) is 10.3 Å². The molecule has 3 heteroatoms. The van der Waals surface area contributed by atoms with Gasteiger partial charge in [-0.1, -0.05) is 20.8 Å². The van der Waals surface area contributed by atoms with E-state index in [0.717, 1.165) is 13.0 Å². The summed E-state index contributed by atoms with van der Waals surface area (Å²) < 4.78 is 5.95. The van der Waals surface area contributed by atoms with E-state index in [-0.39, 0.29) is 11.5 Å². The SMILES string of the molecule is CCOC(C(Cc1ccncc1)NC)C(C)(C)C. The van der Waals surface area contributed by atoms with Crippen molar-refractivity contribution in [2.45, 2.75) is 46.3 Å². The third kappa shape index (κ3) is 4.39. The minimum Gasteiger partial charge on any atom is -0.376 e. The van der Waals surface area contributed by atoms with Crippen LogP contribution in [0.1, 0.15) is 33.3 Å². The average molecular weight is 250 g/mol. The Balaban J connectivity index is 2.79. The summed E-state index contributed by atoms with van der Waals surface area (Å²) >= 11 is 0. The molecule has 1 rings (SSSR count). The number of likely N-dealkylation sites (N-methyl/N-ethyl adjacent to an activating group) is 1. The first-order valence-electron chi connectivity index (χ1n) is 6.66. The van der Waals surface area contributed by atoms with Crippen molar-refractivity contribution in [3.8, 4) is 0 Å². The minimum atomic E-state index is 0.122. The Morgan fingerprint density at radius 3 is 2.33 bits per heavy atom. The van der Waals surface area contributed by atoms with Crippen molar-refractivity contribution in [3.63, 3.8) is 0 Å². The van der Waals surface area contributed by atoms with Gasteiger partial charge < -0.3 is 10.1 Å². The lowest BCUT2D eigenvalue weighted by molar-refractivity contribution is -0.0340. The average Bonchev–Trinajstić information content (AvgIpc) is 2.33. The molecule has 1 aromatic heterocycles. The molecule has 0 amide bonds. The smallest absolute Gasteiger partial charge is 0.0779 e. The van der Waals surface area contributed by atoms with Crippen molar-refractivity contribution >= 4 is 0 Å². The number of rotatable bonds is 6. The normalized spacial score (nSPS) is 15.4. The lowest BCUT2D eigenvalue weighted by atomic mass is 9.82. The van der Waals surface area contributed by atoms with Gasteiger partial charge in [0.15, 0.2) is 0 Å². The van der Waals surface area contributed by atoms with Crippen molar-refractivity contribution in [3.05, 3.63) is 30.1 Å². The standard InChI is InChI=1S/C15H26N2O/c1-6-18-14(15(2,3)4)13(16-5)11-12-7-9-17-10-8-12/h7-10,13-14,16H,6,11H2,1-5H3. The summed E-state index contributed by atoms with van der Waals surface area (Å²) in [6.45, 7) is 9.48. The molecule has 1 N–H and O–H groups in total. The van der Waals surface area contributed by atoms with Gasteiger partial charge in [-0.3, -0.25) is 4.98 Å². The Labute approximate surface area is 111 Å². The van der Waals surface area contributed by atoms with Crippen LogP contribution in [0.5, 0.6) is 0 Å².